The van der Waals surface area contributed by atoms with Gasteiger partial charge >= 0.3 is 5.76 Å². The van der Waals surface area contributed by atoms with Crippen LogP contribution in [0.25, 0.3) is 22.7 Å². The second-order valence-corrected chi connectivity index (χ2v) is 6.27. The van der Waals surface area contributed by atoms with Crippen molar-refractivity contribution in [2.75, 3.05) is 0 Å². The molecule has 26 heavy (non-hydrogen) atoms. The third kappa shape index (κ3) is 2.43. The quantitative estimate of drug-likeness (QED) is 0.550. The Bertz CT molecular complexity index is 1160. The smallest absolute Gasteiger partial charge is 0.417 e. The summed E-state index contributed by atoms with van der Waals surface area (Å²) in [6.45, 7) is 0.540. The summed E-state index contributed by atoms with van der Waals surface area (Å²) in [5.74, 6) is 0.427. The fourth-order valence-electron chi connectivity index (χ4n) is 3.41. The largest absolute Gasteiger partial charge is 0.488 e. The first-order valence-corrected chi connectivity index (χ1v) is 8.43. The topological polar surface area (TPSA) is 55.2 Å². The maximum absolute atomic E-state index is 11.4. The van der Waals surface area contributed by atoms with Gasteiger partial charge in [0.2, 0.25) is 0 Å². The highest BCUT2D eigenvalue weighted by atomic mass is 16.5. The number of hydrogen-bond donors (Lipinski definition) is 1. The summed E-state index contributed by atoms with van der Waals surface area (Å²) in [5.41, 5.74) is 6.68. The molecule has 0 radical (unpaired) electrons. The molecule has 1 aliphatic rings. The lowest BCUT2D eigenvalue weighted by molar-refractivity contribution is 0.307. The van der Waals surface area contributed by atoms with E-state index >= 15 is 0 Å². The Morgan fingerprint density at radius 1 is 0.923 bits per heavy atom. The van der Waals surface area contributed by atoms with Gasteiger partial charge in [-0.05, 0) is 46.5 Å². The zero-order valence-corrected chi connectivity index (χ0v) is 13.9. The summed E-state index contributed by atoms with van der Waals surface area (Å²) >= 11 is 0. The van der Waals surface area contributed by atoms with E-state index in [2.05, 4.69) is 29.3 Å². The molecule has 126 valence electrons. The molecule has 1 aliphatic heterocycles. The summed E-state index contributed by atoms with van der Waals surface area (Å²) in [6.07, 6.45) is 2.12. The molecule has 4 heteroatoms. The van der Waals surface area contributed by atoms with Gasteiger partial charge in [-0.1, -0.05) is 48.5 Å². The van der Waals surface area contributed by atoms with Crippen molar-refractivity contribution in [1.82, 2.24) is 4.98 Å². The third-order valence-corrected chi connectivity index (χ3v) is 4.62. The molecule has 0 amide bonds. The van der Waals surface area contributed by atoms with Gasteiger partial charge in [0.05, 0.1) is 5.52 Å². The van der Waals surface area contributed by atoms with Crippen LogP contribution in [0.2, 0.25) is 0 Å². The molecule has 0 unspecified atom stereocenters. The van der Waals surface area contributed by atoms with Crippen LogP contribution in [0.4, 0.5) is 0 Å². The highest BCUT2D eigenvalue weighted by Gasteiger charge is 2.18. The van der Waals surface area contributed by atoms with Gasteiger partial charge in [-0.15, -0.1) is 0 Å². The van der Waals surface area contributed by atoms with E-state index in [1.54, 1.807) is 0 Å². The first-order chi connectivity index (χ1) is 12.8. The van der Waals surface area contributed by atoms with Crippen molar-refractivity contribution in [3.05, 3.63) is 99.5 Å². The Labute approximate surface area is 149 Å². The summed E-state index contributed by atoms with van der Waals surface area (Å²) in [6, 6.07) is 22.0. The van der Waals surface area contributed by atoms with Crippen molar-refractivity contribution < 1.29 is 9.15 Å². The molecule has 4 aromatic rings. The van der Waals surface area contributed by atoms with Crippen LogP contribution in [0.3, 0.4) is 0 Å². The van der Waals surface area contributed by atoms with Gasteiger partial charge in [-0.25, -0.2) is 4.79 Å². The van der Waals surface area contributed by atoms with Crippen LogP contribution >= 0.6 is 0 Å². The minimum atomic E-state index is -0.441. The molecule has 0 fully saturated rings. The average molecular weight is 341 g/mol. The molecule has 1 aromatic heterocycles. The predicted octanol–water partition coefficient (Wildman–Crippen LogP) is 4.60. The number of hydrogen-bond acceptors (Lipinski definition) is 3. The first-order valence-electron chi connectivity index (χ1n) is 8.43. The number of fused-ring (bicyclic) bond motifs is 3. The predicted molar refractivity (Wildman–Crippen MR) is 101 cm³/mol. The van der Waals surface area contributed by atoms with Crippen LogP contribution in [-0.2, 0) is 6.61 Å². The molecule has 3 aromatic carbocycles. The van der Waals surface area contributed by atoms with Crippen LogP contribution in [0.15, 0.2) is 75.9 Å². The van der Waals surface area contributed by atoms with E-state index in [-0.39, 0.29) is 0 Å². The molecule has 0 bridgehead atoms. The molecule has 5 rings (SSSR count). The molecular formula is C22H15NO3. The fourth-order valence-corrected chi connectivity index (χ4v) is 3.41. The Hall–Kier alpha value is -3.53. The van der Waals surface area contributed by atoms with Crippen molar-refractivity contribution in [3.8, 4) is 5.75 Å². The van der Waals surface area contributed by atoms with Crippen molar-refractivity contribution in [1.29, 1.82) is 0 Å². The molecular weight excluding hydrogens is 326 g/mol. The number of H-pyrrole nitrogens is 1. The Balaban J connectivity index is 1.75. The number of rotatable bonds is 1. The molecule has 0 atom stereocenters. The molecule has 0 aliphatic carbocycles. The van der Waals surface area contributed by atoms with E-state index in [1.165, 1.54) is 0 Å². The fraction of sp³-hybridized carbons (Fsp3) is 0.0455. The average Bonchev–Trinajstić information content (AvgIpc) is 2.96. The van der Waals surface area contributed by atoms with E-state index in [9.17, 15) is 4.79 Å². The van der Waals surface area contributed by atoms with Crippen LogP contribution in [-0.4, -0.2) is 4.98 Å². The normalized spacial score (nSPS) is 14.5. The standard InChI is InChI=1S/C22H15NO3/c24-22-23-19-12-14(9-10-21(19)26-22)11-18-16-6-2-1-5-15(16)13-25-20-8-4-3-7-17(18)20/h1-12H,13H2,(H,23,24). The molecule has 0 spiro atoms. The van der Waals surface area contributed by atoms with Crippen LogP contribution in [0.5, 0.6) is 5.75 Å². The number of ether oxygens (including phenoxy) is 1. The number of oxazole rings is 1. The van der Waals surface area contributed by atoms with Gasteiger partial charge in [0.15, 0.2) is 5.58 Å². The summed E-state index contributed by atoms with van der Waals surface area (Å²) in [4.78, 5) is 14.1. The van der Waals surface area contributed by atoms with Gasteiger partial charge in [0.1, 0.15) is 12.4 Å². The molecule has 2 heterocycles. The van der Waals surface area contributed by atoms with Gasteiger partial charge in [-0.2, -0.15) is 0 Å². The summed E-state index contributed by atoms with van der Waals surface area (Å²) < 4.78 is 11.1. The lowest BCUT2D eigenvalue weighted by Gasteiger charge is -2.10. The number of nitrogens with one attached hydrogen (secondary N) is 1. The summed E-state index contributed by atoms with van der Waals surface area (Å²) in [5, 5.41) is 0. The third-order valence-electron chi connectivity index (χ3n) is 4.62. The monoisotopic (exact) mass is 341 g/mol. The van der Waals surface area contributed by atoms with Crippen LogP contribution in [0, 0.1) is 0 Å². The number of para-hydroxylation sites is 1. The summed E-state index contributed by atoms with van der Waals surface area (Å²) in [7, 11) is 0. The van der Waals surface area contributed by atoms with E-state index in [4.69, 9.17) is 9.15 Å². The molecule has 0 saturated heterocycles. The van der Waals surface area contributed by atoms with Gasteiger partial charge in [0, 0.05) is 5.56 Å². The van der Waals surface area contributed by atoms with Crippen molar-refractivity contribution in [2.45, 2.75) is 6.61 Å². The lowest BCUT2D eigenvalue weighted by Crippen LogP contribution is -1.94. The molecule has 4 nitrogen and oxygen atoms in total. The maximum Gasteiger partial charge on any atom is 0.417 e. The van der Waals surface area contributed by atoms with Crippen molar-refractivity contribution in [2.24, 2.45) is 0 Å². The molecule has 0 saturated carbocycles. The first kappa shape index (κ1) is 14.8. The minimum Gasteiger partial charge on any atom is -0.488 e. The zero-order chi connectivity index (χ0) is 17.5. The Morgan fingerprint density at radius 3 is 2.65 bits per heavy atom. The Morgan fingerprint density at radius 2 is 1.73 bits per heavy atom. The SMILES string of the molecule is O=c1[nH]c2cc(C=C3c4ccccc4COc4ccccc43)ccc2o1. The second-order valence-electron chi connectivity index (χ2n) is 6.27. The van der Waals surface area contributed by atoms with Gasteiger partial charge in [-0.3, -0.25) is 4.98 Å². The minimum absolute atomic E-state index is 0.441. The van der Waals surface area contributed by atoms with Crippen LogP contribution < -0.4 is 10.5 Å². The number of aromatic amines is 1. The van der Waals surface area contributed by atoms with E-state index in [0.29, 0.717) is 17.7 Å². The molecule has 1 N–H and O–H groups in total. The lowest BCUT2D eigenvalue weighted by atomic mass is 9.92. The Kier molecular flexibility index (Phi) is 3.28. The number of benzene rings is 3. The van der Waals surface area contributed by atoms with Gasteiger partial charge in [0.25, 0.3) is 0 Å². The van der Waals surface area contributed by atoms with Crippen molar-refractivity contribution >= 4 is 22.7 Å². The van der Waals surface area contributed by atoms with Crippen molar-refractivity contribution in [3.63, 3.8) is 0 Å². The van der Waals surface area contributed by atoms with E-state index < -0.39 is 5.76 Å². The number of aromatic nitrogens is 1. The highest BCUT2D eigenvalue weighted by Crippen LogP contribution is 2.37. The maximum atomic E-state index is 11.4. The van der Waals surface area contributed by atoms with Gasteiger partial charge < -0.3 is 9.15 Å². The second kappa shape index (κ2) is 5.77. The highest BCUT2D eigenvalue weighted by molar-refractivity contribution is 5.95. The van der Waals surface area contributed by atoms with Crippen LogP contribution in [0.1, 0.15) is 22.3 Å². The van der Waals surface area contributed by atoms with E-state index in [0.717, 1.165) is 33.6 Å². The zero-order valence-electron chi connectivity index (χ0n) is 13.9. The van der Waals surface area contributed by atoms with E-state index in [1.807, 2.05) is 48.5 Å².